The van der Waals surface area contributed by atoms with Crippen LogP contribution in [-0.2, 0) is 22.6 Å². The van der Waals surface area contributed by atoms with Gasteiger partial charge in [0.25, 0.3) is 0 Å². The van der Waals surface area contributed by atoms with Crippen LogP contribution >= 0.6 is 0 Å². The lowest BCUT2D eigenvalue weighted by molar-refractivity contribution is -0.145. The highest BCUT2D eigenvalue weighted by molar-refractivity contribution is 5.78. The molecule has 0 saturated heterocycles. The van der Waals surface area contributed by atoms with Crippen molar-refractivity contribution in [3.63, 3.8) is 0 Å². The summed E-state index contributed by atoms with van der Waals surface area (Å²) in [4.78, 5) is 16.1. The minimum Gasteiger partial charge on any atom is -0.487 e. The number of benzene rings is 3. The van der Waals surface area contributed by atoms with Gasteiger partial charge in [0, 0.05) is 11.8 Å². The van der Waals surface area contributed by atoms with Crippen LogP contribution in [0.1, 0.15) is 29.8 Å². The summed E-state index contributed by atoms with van der Waals surface area (Å²) in [7, 11) is 0. The van der Waals surface area contributed by atoms with E-state index < -0.39 is 12.1 Å². The van der Waals surface area contributed by atoms with Crippen molar-refractivity contribution in [2.45, 2.75) is 26.1 Å². The van der Waals surface area contributed by atoms with E-state index in [-0.39, 0.29) is 6.61 Å². The molecule has 0 amide bonds. The van der Waals surface area contributed by atoms with Crippen LogP contribution in [0.2, 0.25) is 0 Å². The molecule has 1 atom stereocenters. The first kappa shape index (κ1) is 23.3. The molecule has 0 spiro atoms. The molecule has 0 bridgehead atoms. The first-order chi connectivity index (χ1) is 16.6. The first-order valence-electron chi connectivity index (χ1n) is 11.2. The highest BCUT2D eigenvalue weighted by Crippen LogP contribution is 2.25. The molecule has 4 rings (SSSR count). The van der Waals surface area contributed by atoms with E-state index in [1.54, 1.807) is 13.0 Å². The van der Waals surface area contributed by atoms with Gasteiger partial charge in [0.2, 0.25) is 0 Å². The van der Waals surface area contributed by atoms with Crippen LogP contribution in [0.15, 0.2) is 84.9 Å². The minimum absolute atomic E-state index is 0.148. The molecule has 0 aliphatic heterocycles. The van der Waals surface area contributed by atoms with Crippen LogP contribution < -0.4 is 9.47 Å². The quantitative estimate of drug-likeness (QED) is 0.337. The van der Waals surface area contributed by atoms with E-state index in [2.05, 4.69) is 4.98 Å². The van der Waals surface area contributed by atoms with Gasteiger partial charge >= 0.3 is 5.97 Å². The Balaban J connectivity index is 1.36. The van der Waals surface area contributed by atoms with Crippen LogP contribution in [0.4, 0.5) is 0 Å². The van der Waals surface area contributed by atoms with Gasteiger partial charge in [0.1, 0.15) is 18.1 Å². The lowest BCUT2D eigenvalue weighted by Gasteiger charge is -2.14. The summed E-state index contributed by atoms with van der Waals surface area (Å²) in [5.41, 5.74) is 3.41. The highest BCUT2D eigenvalue weighted by atomic mass is 16.6. The Morgan fingerprint density at radius 2 is 1.71 bits per heavy atom. The van der Waals surface area contributed by atoms with Crippen molar-refractivity contribution in [3.8, 4) is 11.5 Å². The largest absolute Gasteiger partial charge is 0.487 e. The average Bonchev–Trinajstić information content (AvgIpc) is 2.87. The van der Waals surface area contributed by atoms with Crippen LogP contribution in [0, 0.1) is 0 Å². The van der Waals surface area contributed by atoms with E-state index >= 15 is 0 Å². The standard InChI is InChI=1S/C28H27NO5/c1-2-32-28(31)19-34-24-10-5-7-20(15-24)16-27(30)22-9-6-11-25(17-22)33-18-23-14-13-21-8-3-4-12-26(21)29-23/h3-15,17,27,30H,2,16,18-19H2,1H3. The van der Waals surface area contributed by atoms with Gasteiger partial charge < -0.3 is 19.3 Å². The topological polar surface area (TPSA) is 77.9 Å². The smallest absolute Gasteiger partial charge is 0.344 e. The number of pyridine rings is 1. The van der Waals surface area contributed by atoms with Crippen molar-refractivity contribution in [3.05, 3.63) is 102 Å². The van der Waals surface area contributed by atoms with Crippen molar-refractivity contribution >= 4 is 16.9 Å². The lowest BCUT2D eigenvalue weighted by atomic mass is 10.0. The molecule has 6 heteroatoms. The fourth-order valence-electron chi connectivity index (χ4n) is 3.61. The predicted octanol–water partition coefficient (Wildman–Crippen LogP) is 5.03. The summed E-state index contributed by atoms with van der Waals surface area (Å²) in [6.45, 7) is 2.26. The number of aliphatic hydroxyl groups excluding tert-OH is 1. The summed E-state index contributed by atoms with van der Waals surface area (Å²) < 4.78 is 16.3. The van der Waals surface area contributed by atoms with E-state index in [4.69, 9.17) is 14.2 Å². The number of ether oxygens (including phenoxy) is 3. The summed E-state index contributed by atoms with van der Waals surface area (Å²) in [6.07, 6.45) is -0.325. The third-order valence-corrected chi connectivity index (χ3v) is 5.28. The number of esters is 1. The normalized spacial score (nSPS) is 11.7. The average molecular weight is 458 g/mol. The van der Waals surface area contributed by atoms with Crippen molar-refractivity contribution in [1.29, 1.82) is 0 Å². The Hall–Kier alpha value is -3.90. The second-order valence-corrected chi connectivity index (χ2v) is 7.82. The van der Waals surface area contributed by atoms with E-state index in [0.717, 1.165) is 27.7 Å². The number of nitrogens with zero attached hydrogens (tertiary/aromatic N) is 1. The van der Waals surface area contributed by atoms with Gasteiger partial charge in [-0.3, -0.25) is 0 Å². The monoisotopic (exact) mass is 457 g/mol. The van der Waals surface area contributed by atoms with Crippen LogP contribution in [0.5, 0.6) is 11.5 Å². The molecule has 0 aliphatic rings. The van der Waals surface area contributed by atoms with E-state index in [0.29, 0.717) is 31.1 Å². The van der Waals surface area contributed by atoms with Gasteiger partial charge in [-0.2, -0.15) is 0 Å². The van der Waals surface area contributed by atoms with Gasteiger partial charge in [-0.25, -0.2) is 9.78 Å². The molecule has 1 N–H and O–H groups in total. The molecule has 0 radical (unpaired) electrons. The van der Waals surface area contributed by atoms with Crippen LogP contribution in [0.3, 0.4) is 0 Å². The number of aliphatic hydroxyl groups is 1. The van der Waals surface area contributed by atoms with E-state index in [1.165, 1.54) is 0 Å². The number of para-hydroxylation sites is 1. The number of fused-ring (bicyclic) bond motifs is 1. The number of rotatable bonds is 10. The summed E-state index contributed by atoms with van der Waals surface area (Å²) >= 11 is 0. The number of carbonyl (C=O) groups excluding carboxylic acids is 1. The number of hydrogen-bond donors (Lipinski definition) is 1. The lowest BCUT2D eigenvalue weighted by Crippen LogP contribution is -2.14. The molecule has 34 heavy (non-hydrogen) atoms. The van der Waals surface area contributed by atoms with Gasteiger partial charge in [0.15, 0.2) is 6.61 Å². The Kier molecular flexibility index (Phi) is 7.73. The summed E-state index contributed by atoms with van der Waals surface area (Å²) in [5, 5.41) is 11.9. The maximum Gasteiger partial charge on any atom is 0.344 e. The molecule has 6 nitrogen and oxygen atoms in total. The second kappa shape index (κ2) is 11.3. The van der Waals surface area contributed by atoms with Gasteiger partial charge in [-0.15, -0.1) is 0 Å². The number of aromatic nitrogens is 1. The molecule has 1 heterocycles. The van der Waals surface area contributed by atoms with Gasteiger partial charge in [0.05, 0.1) is 23.9 Å². The third-order valence-electron chi connectivity index (χ3n) is 5.28. The Morgan fingerprint density at radius 3 is 2.56 bits per heavy atom. The Labute approximate surface area is 198 Å². The van der Waals surface area contributed by atoms with Crippen molar-refractivity contribution in [1.82, 2.24) is 4.98 Å². The SMILES string of the molecule is CCOC(=O)COc1cccc(CC(O)c2cccc(OCc3ccc4ccccc4n3)c2)c1. The van der Waals surface area contributed by atoms with E-state index in [1.807, 2.05) is 78.9 Å². The molecule has 1 unspecified atom stereocenters. The Bertz CT molecular complexity index is 1260. The molecule has 3 aromatic carbocycles. The van der Waals surface area contributed by atoms with Crippen molar-refractivity contribution in [2.24, 2.45) is 0 Å². The number of carbonyl (C=O) groups is 1. The number of hydrogen-bond acceptors (Lipinski definition) is 6. The van der Waals surface area contributed by atoms with Gasteiger partial charge in [-0.1, -0.05) is 48.5 Å². The fourth-order valence-corrected chi connectivity index (χ4v) is 3.61. The minimum atomic E-state index is -0.720. The fraction of sp³-hybridized carbons (Fsp3) is 0.214. The van der Waals surface area contributed by atoms with Crippen molar-refractivity contribution in [2.75, 3.05) is 13.2 Å². The zero-order valence-electron chi connectivity index (χ0n) is 19.0. The highest BCUT2D eigenvalue weighted by Gasteiger charge is 2.11. The zero-order chi connectivity index (χ0) is 23.8. The molecule has 174 valence electrons. The van der Waals surface area contributed by atoms with Crippen molar-refractivity contribution < 1.29 is 24.1 Å². The molecule has 0 saturated carbocycles. The Morgan fingerprint density at radius 1 is 0.912 bits per heavy atom. The summed E-state index contributed by atoms with van der Waals surface area (Å²) in [5.74, 6) is 0.805. The van der Waals surface area contributed by atoms with E-state index in [9.17, 15) is 9.90 Å². The molecule has 0 aliphatic carbocycles. The van der Waals surface area contributed by atoms with Crippen LogP contribution in [0.25, 0.3) is 10.9 Å². The zero-order valence-corrected chi connectivity index (χ0v) is 19.0. The maximum absolute atomic E-state index is 11.5. The molecule has 0 fully saturated rings. The predicted molar refractivity (Wildman–Crippen MR) is 130 cm³/mol. The molecule has 1 aromatic heterocycles. The third kappa shape index (κ3) is 6.33. The summed E-state index contributed by atoms with van der Waals surface area (Å²) in [6, 6.07) is 26.7. The second-order valence-electron chi connectivity index (χ2n) is 7.82. The molecular formula is C28H27NO5. The first-order valence-corrected chi connectivity index (χ1v) is 11.2. The van der Waals surface area contributed by atoms with Gasteiger partial charge in [-0.05, 0) is 54.4 Å². The molecular weight excluding hydrogens is 430 g/mol. The van der Waals surface area contributed by atoms with Crippen LogP contribution in [-0.4, -0.2) is 29.3 Å². The molecule has 4 aromatic rings. The maximum atomic E-state index is 11.5.